The van der Waals surface area contributed by atoms with Crippen molar-refractivity contribution >= 4 is 22.9 Å². The fourth-order valence-electron chi connectivity index (χ4n) is 1.20. The minimum atomic E-state index is 0.445. The summed E-state index contributed by atoms with van der Waals surface area (Å²) in [5.41, 5.74) is 0.792. The van der Waals surface area contributed by atoms with E-state index in [0.717, 1.165) is 10.6 Å². The van der Waals surface area contributed by atoms with Crippen molar-refractivity contribution < 1.29 is 4.74 Å². The van der Waals surface area contributed by atoms with Gasteiger partial charge in [-0.05, 0) is 17.5 Å². The van der Waals surface area contributed by atoms with E-state index in [4.69, 9.17) is 16.3 Å². The van der Waals surface area contributed by atoms with Crippen LogP contribution in [0.4, 0.5) is 0 Å². The molecule has 2 aromatic rings. The van der Waals surface area contributed by atoms with Gasteiger partial charge in [-0.2, -0.15) is 0 Å². The Morgan fingerprint density at radius 3 is 3.00 bits per heavy atom. The molecule has 2 heterocycles. The van der Waals surface area contributed by atoms with E-state index in [2.05, 4.69) is 9.97 Å². The Kier molecular flexibility index (Phi) is 3.30. The first-order valence-corrected chi connectivity index (χ1v) is 5.61. The second kappa shape index (κ2) is 4.70. The van der Waals surface area contributed by atoms with Gasteiger partial charge in [-0.3, -0.25) is 0 Å². The fourth-order valence-corrected chi connectivity index (χ4v) is 2.07. The molecule has 2 rings (SSSR count). The number of nitrogens with zero attached hydrogens (tertiary/aromatic N) is 2. The smallest absolute Gasteiger partial charge is 0.171 e. The van der Waals surface area contributed by atoms with Gasteiger partial charge in [-0.1, -0.05) is 17.7 Å². The normalized spacial score (nSPS) is 10.5. The second-order valence-corrected chi connectivity index (χ2v) is 4.25. The van der Waals surface area contributed by atoms with Crippen molar-refractivity contribution in [1.82, 2.24) is 9.97 Å². The molecule has 0 aromatic carbocycles. The third kappa shape index (κ3) is 2.53. The maximum absolute atomic E-state index is 5.90. The van der Waals surface area contributed by atoms with Crippen LogP contribution >= 0.6 is 22.9 Å². The second-order valence-electron chi connectivity index (χ2n) is 2.92. The molecule has 0 fully saturated rings. The predicted octanol–water partition coefficient (Wildman–Crippen LogP) is 3.00. The van der Waals surface area contributed by atoms with Gasteiger partial charge in [0, 0.05) is 7.11 Å². The number of rotatable bonds is 3. The van der Waals surface area contributed by atoms with E-state index in [-0.39, 0.29) is 0 Å². The summed E-state index contributed by atoms with van der Waals surface area (Å²) < 4.78 is 5.01. The molecule has 0 bridgehead atoms. The zero-order valence-electron chi connectivity index (χ0n) is 8.11. The maximum Gasteiger partial charge on any atom is 0.171 e. The van der Waals surface area contributed by atoms with Gasteiger partial charge in [0.1, 0.15) is 5.15 Å². The highest BCUT2D eigenvalue weighted by molar-refractivity contribution is 7.13. The summed E-state index contributed by atoms with van der Waals surface area (Å²) in [5, 5.41) is 2.43. The molecule has 3 nitrogen and oxygen atoms in total. The van der Waals surface area contributed by atoms with Crippen LogP contribution in [0.15, 0.2) is 23.6 Å². The molecule has 0 unspecified atom stereocenters. The average Bonchev–Trinajstić information content (AvgIpc) is 2.70. The van der Waals surface area contributed by atoms with Gasteiger partial charge in [-0.15, -0.1) is 11.3 Å². The monoisotopic (exact) mass is 240 g/mol. The van der Waals surface area contributed by atoms with Crippen molar-refractivity contribution in [2.24, 2.45) is 0 Å². The number of methoxy groups -OCH3 is 1. The summed E-state index contributed by atoms with van der Waals surface area (Å²) in [6, 6.07) is 5.63. The minimum absolute atomic E-state index is 0.445. The zero-order valence-corrected chi connectivity index (χ0v) is 9.68. The van der Waals surface area contributed by atoms with Gasteiger partial charge < -0.3 is 4.74 Å². The molecular weight excluding hydrogens is 232 g/mol. The lowest BCUT2D eigenvalue weighted by atomic mass is 10.4. The minimum Gasteiger partial charge on any atom is -0.378 e. The first kappa shape index (κ1) is 10.5. The highest BCUT2D eigenvalue weighted by atomic mass is 35.5. The van der Waals surface area contributed by atoms with Crippen LogP contribution in [-0.4, -0.2) is 17.1 Å². The van der Waals surface area contributed by atoms with Crippen LogP contribution in [0.25, 0.3) is 10.7 Å². The van der Waals surface area contributed by atoms with Gasteiger partial charge >= 0.3 is 0 Å². The Morgan fingerprint density at radius 2 is 2.33 bits per heavy atom. The Hall–Kier alpha value is -0.970. The van der Waals surface area contributed by atoms with Crippen molar-refractivity contribution in [2.45, 2.75) is 6.61 Å². The predicted molar refractivity (Wildman–Crippen MR) is 61.1 cm³/mol. The van der Waals surface area contributed by atoms with Gasteiger partial charge in [0.15, 0.2) is 5.82 Å². The molecule has 5 heteroatoms. The maximum atomic E-state index is 5.90. The Bertz CT molecular complexity index is 445. The van der Waals surface area contributed by atoms with Gasteiger partial charge in [0.05, 0.1) is 17.2 Å². The molecule has 0 spiro atoms. The largest absolute Gasteiger partial charge is 0.378 e. The molecule has 0 aliphatic heterocycles. The van der Waals surface area contributed by atoms with Crippen molar-refractivity contribution in [3.05, 3.63) is 34.4 Å². The molecule has 2 aromatic heterocycles. The van der Waals surface area contributed by atoms with Gasteiger partial charge in [-0.25, -0.2) is 9.97 Å². The van der Waals surface area contributed by atoms with Crippen LogP contribution in [0, 0.1) is 0 Å². The van der Waals surface area contributed by atoms with E-state index in [1.54, 1.807) is 24.5 Å². The average molecular weight is 241 g/mol. The molecule has 15 heavy (non-hydrogen) atoms. The lowest BCUT2D eigenvalue weighted by molar-refractivity contribution is 0.181. The van der Waals surface area contributed by atoms with E-state index >= 15 is 0 Å². The number of thiophene rings is 1. The molecule has 0 aliphatic rings. The molecular formula is C10H9ClN2OS. The first-order chi connectivity index (χ1) is 7.29. The van der Waals surface area contributed by atoms with Crippen LogP contribution in [0.1, 0.15) is 5.69 Å². The van der Waals surface area contributed by atoms with Gasteiger partial charge in [0.25, 0.3) is 0 Å². The topological polar surface area (TPSA) is 35.0 Å². The third-order valence-electron chi connectivity index (χ3n) is 1.78. The standard InChI is InChI=1S/C10H9ClN2OS/c1-14-6-7-5-9(11)13-10(12-7)8-3-2-4-15-8/h2-5H,6H2,1H3. The van der Waals surface area contributed by atoms with Crippen LogP contribution < -0.4 is 0 Å². The van der Waals surface area contributed by atoms with Crippen molar-refractivity contribution in [3.8, 4) is 10.7 Å². The van der Waals surface area contributed by atoms with Gasteiger partial charge in [0.2, 0.25) is 0 Å². The SMILES string of the molecule is COCc1cc(Cl)nc(-c2cccs2)n1. The number of halogens is 1. The van der Waals surface area contributed by atoms with Crippen molar-refractivity contribution in [3.63, 3.8) is 0 Å². The molecule has 0 saturated heterocycles. The number of aromatic nitrogens is 2. The third-order valence-corrected chi connectivity index (χ3v) is 2.84. The molecule has 0 radical (unpaired) electrons. The molecule has 0 aliphatic carbocycles. The summed E-state index contributed by atoms with van der Waals surface area (Å²) in [5.74, 6) is 0.657. The molecule has 78 valence electrons. The van der Waals surface area contributed by atoms with Crippen LogP contribution in [0.5, 0.6) is 0 Å². The zero-order chi connectivity index (χ0) is 10.7. The van der Waals surface area contributed by atoms with Crippen LogP contribution in [0.2, 0.25) is 5.15 Å². The summed E-state index contributed by atoms with van der Waals surface area (Å²) in [6.45, 7) is 0.445. The van der Waals surface area contributed by atoms with Crippen LogP contribution in [0.3, 0.4) is 0 Å². The van der Waals surface area contributed by atoms with E-state index in [0.29, 0.717) is 17.6 Å². The summed E-state index contributed by atoms with van der Waals surface area (Å²) >= 11 is 7.49. The Morgan fingerprint density at radius 1 is 1.47 bits per heavy atom. The molecule has 0 amide bonds. The van der Waals surface area contributed by atoms with Crippen molar-refractivity contribution in [2.75, 3.05) is 7.11 Å². The summed E-state index contributed by atoms with van der Waals surface area (Å²) in [6.07, 6.45) is 0. The first-order valence-electron chi connectivity index (χ1n) is 4.36. The summed E-state index contributed by atoms with van der Waals surface area (Å²) in [4.78, 5) is 9.53. The Balaban J connectivity index is 2.40. The molecule has 0 atom stereocenters. The number of hydrogen-bond acceptors (Lipinski definition) is 4. The Labute approximate surface area is 96.7 Å². The lowest BCUT2D eigenvalue weighted by Crippen LogP contribution is -1.96. The highest BCUT2D eigenvalue weighted by Gasteiger charge is 2.06. The number of hydrogen-bond donors (Lipinski definition) is 0. The number of ether oxygens (including phenoxy) is 1. The molecule has 0 saturated carbocycles. The van der Waals surface area contributed by atoms with E-state index in [9.17, 15) is 0 Å². The van der Waals surface area contributed by atoms with E-state index < -0.39 is 0 Å². The van der Waals surface area contributed by atoms with Crippen molar-refractivity contribution in [1.29, 1.82) is 0 Å². The van der Waals surface area contributed by atoms with E-state index in [1.807, 2.05) is 17.5 Å². The highest BCUT2D eigenvalue weighted by Crippen LogP contribution is 2.22. The summed E-state index contributed by atoms with van der Waals surface area (Å²) in [7, 11) is 1.63. The van der Waals surface area contributed by atoms with E-state index in [1.165, 1.54) is 0 Å². The molecule has 0 N–H and O–H groups in total. The lowest BCUT2D eigenvalue weighted by Gasteiger charge is -2.02. The fraction of sp³-hybridized carbons (Fsp3) is 0.200. The van der Waals surface area contributed by atoms with Crippen LogP contribution in [-0.2, 0) is 11.3 Å². The quantitative estimate of drug-likeness (QED) is 0.774.